The molecule has 0 fully saturated rings. The summed E-state index contributed by atoms with van der Waals surface area (Å²) in [5, 5.41) is 19.6. The first kappa shape index (κ1) is 17.5. The van der Waals surface area contributed by atoms with Crippen LogP contribution in [0, 0.1) is 0 Å². The van der Waals surface area contributed by atoms with Crippen molar-refractivity contribution in [2.75, 3.05) is 12.4 Å². The lowest BCUT2D eigenvalue weighted by atomic mass is 10.4. The van der Waals surface area contributed by atoms with Crippen molar-refractivity contribution in [3.63, 3.8) is 0 Å². The summed E-state index contributed by atoms with van der Waals surface area (Å²) in [6.45, 7) is 2.46. The molecule has 0 radical (unpaired) electrons. The van der Waals surface area contributed by atoms with Gasteiger partial charge in [-0.05, 0) is 30.7 Å². The molecule has 9 heteroatoms. The van der Waals surface area contributed by atoms with Crippen molar-refractivity contribution < 1.29 is 5.11 Å². The highest BCUT2D eigenvalue weighted by molar-refractivity contribution is 8.00. The first-order chi connectivity index (χ1) is 11.7. The standard InChI is InChI=1S/C15H16ClN5OS2/c1-2-9-23-15-17-13-12(19-20-21(13)7-8-22)14(18-15)24-11-5-3-10(16)4-6-11/h3-6,22H,2,7-9H2,1H3. The van der Waals surface area contributed by atoms with E-state index in [2.05, 4.69) is 27.2 Å². The van der Waals surface area contributed by atoms with Crippen LogP contribution in [0.25, 0.3) is 11.2 Å². The highest BCUT2D eigenvalue weighted by atomic mass is 35.5. The number of halogens is 1. The van der Waals surface area contributed by atoms with Gasteiger partial charge >= 0.3 is 0 Å². The van der Waals surface area contributed by atoms with Crippen LogP contribution in [-0.4, -0.2) is 42.4 Å². The summed E-state index contributed by atoms with van der Waals surface area (Å²) < 4.78 is 1.61. The van der Waals surface area contributed by atoms with Crippen LogP contribution in [0.5, 0.6) is 0 Å². The minimum Gasteiger partial charge on any atom is -0.394 e. The number of hydrogen-bond donors (Lipinski definition) is 1. The maximum Gasteiger partial charge on any atom is 0.190 e. The molecule has 0 saturated heterocycles. The van der Waals surface area contributed by atoms with Gasteiger partial charge in [-0.3, -0.25) is 0 Å². The second-order valence-corrected chi connectivity index (χ2v) is 7.48. The van der Waals surface area contributed by atoms with E-state index >= 15 is 0 Å². The molecule has 1 aromatic carbocycles. The van der Waals surface area contributed by atoms with Crippen molar-refractivity contribution in [3.8, 4) is 0 Å². The van der Waals surface area contributed by atoms with Crippen LogP contribution in [0.15, 0.2) is 39.3 Å². The molecule has 0 atom stereocenters. The number of rotatable bonds is 7. The lowest BCUT2D eigenvalue weighted by Crippen LogP contribution is -2.05. The fourth-order valence-electron chi connectivity index (χ4n) is 2.00. The van der Waals surface area contributed by atoms with Crippen LogP contribution in [-0.2, 0) is 6.54 Å². The van der Waals surface area contributed by atoms with E-state index in [-0.39, 0.29) is 6.61 Å². The summed E-state index contributed by atoms with van der Waals surface area (Å²) in [7, 11) is 0. The monoisotopic (exact) mass is 381 g/mol. The van der Waals surface area contributed by atoms with Gasteiger partial charge in [-0.25, -0.2) is 14.6 Å². The SMILES string of the molecule is CCCSc1nc(Sc2ccc(Cl)cc2)c2nnn(CCO)c2n1. The number of benzene rings is 1. The van der Waals surface area contributed by atoms with E-state index < -0.39 is 0 Å². The molecular formula is C15H16ClN5OS2. The number of aliphatic hydroxyl groups is 1. The Balaban J connectivity index is 2.01. The smallest absolute Gasteiger partial charge is 0.190 e. The molecule has 0 unspecified atom stereocenters. The van der Waals surface area contributed by atoms with E-state index in [9.17, 15) is 5.11 Å². The van der Waals surface area contributed by atoms with Gasteiger partial charge in [-0.2, -0.15) is 0 Å². The Morgan fingerprint density at radius 2 is 2.00 bits per heavy atom. The fourth-order valence-corrected chi connectivity index (χ4v) is 3.73. The topological polar surface area (TPSA) is 76.7 Å². The second-order valence-electron chi connectivity index (χ2n) is 4.92. The Hall–Kier alpha value is -1.35. The molecule has 1 N–H and O–H groups in total. The third-order valence-electron chi connectivity index (χ3n) is 3.09. The van der Waals surface area contributed by atoms with Gasteiger partial charge < -0.3 is 5.11 Å². The summed E-state index contributed by atoms with van der Waals surface area (Å²) in [4.78, 5) is 10.2. The zero-order valence-corrected chi connectivity index (χ0v) is 15.4. The minimum atomic E-state index is -0.0143. The normalized spacial score (nSPS) is 11.3. The molecule has 24 heavy (non-hydrogen) atoms. The van der Waals surface area contributed by atoms with E-state index in [1.165, 1.54) is 11.8 Å². The number of aliphatic hydroxyl groups excluding tert-OH is 1. The van der Waals surface area contributed by atoms with Crippen molar-refractivity contribution in [2.45, 2.75) is 35.0 Å². The van der Waals surface area contributed by atoms with Gasteiger partial charge in [-0.1, -0.05) is 47.3 Å². The molecule has 3 rings (SSSR count). The quantitative estimate of drug-likeness (QED) is 0.381. The first-order valence-corrected chi connectivity index (χ1v) is 9.67. The molecule has 2 aromatic heterocycles. The summed E-state index contributed by atoms with van der Waals surface area (Å²) in [6, 6.07) is 7.57. The number of thioether (sulfide) groups is 1. The van der Waals surface area contributed by atoms with Crippen LogP contribution in [0.1, 0.15) is 13.3 Å². The molecule has 0 spiro atoms. The third-order valence-corrected chi connectivity index (χ3v) is 5.38. The van der Waals surface area contributed by atoms with E-state index in [1.54, 1.807) is 16.4 Å². The zero-order chi connectivity index (χ0) is 16.9. The molecule has 0 bridgehead atoms. The highest BCUT2D eigenvalue weighted by Gasteiger charge is 2.16. The molecular weight excluding hydrogens is 366 g/mol. The Morgan fingerprint density at radius 3 is 2.71 bits per heavy atom. The Morgan fingerprint density at radius 1 is 1.21 bits per heavy atom. The summed E-state index contributed by atoms with van der Waals surface area (Å²) in [6.07, 6.45) is 1.04. The van der Waals surface area contributed by atoms with Crippen molar-refractivity contribution in [1.82, 2.24) is 25.0 Å². The summed E-state index contributed by atoms with van der Waals surface area (Å²) >= 11 is 9.05. The maximum atomic E-state index is 9.18. The minimum absolute atomic E-state index is 0.0143. The zero-order valence-electron chi connectivity index (χ0n) is 13.0. The number of aromatic nitrogens is 5. The Bertz CT molecular complexity index is 825. The number of hydrogen-bond acceptors (Lipinski definition) is 7. The van der Waals surface area contributed by atoms with Crippen LogP contribution in [0.3, 0.4) is 0 Å². The average molecular weight is 382 g/mol. The summed E-state index contributed by atoms with van der Waals surface area (Å²) in [5.74, 6) is 0.943. The van der Waals surface area contributed by atoms with Crippen molar-refractivity contribution >= 4 is 46.3 Å². The molecule has 0 aliphatic carbocycles. The predicted molar refractivity (Wildman–Crippen MR) is 96.8 cm³/mol. The van der Waals surface area contributed by atoms with Crippen molar-refractivity contribution in [2.24, 2.45) is 0 Å². The lowest BCUT2D eigenvalue weighted by Gasteiger charge is -2.06. The van der Waals surface area contributed by atoms with Gasteiger partial charge in [-0.15, -0.1) is 5.10 Å². The molecule has 3 aromatic rings. The van der Waals surface area contributed by atoms with Gasteiger partial charge in [0.2, 0.25) is 0 Å². The average Bonchev–Trinajstić information content (AvgIpc) is 2.99. The fraction of sp³-hybridized carbons (Fsp3) is 0.333. The molecule has 6 nitrogen and oxygen atoms in total. The Kier molecular flexibility index (Phi) is 5.94. The molecule has 0 aliphatic rings. The van der Waals surface area contributed by atoms with E-state index in [0.29, 0.717) is 27.9 Å². The van der Waals surface area contributed by atoms with Gasteiger partial charge in [0.05, 0.1) is 13.2 Å². The van der Waals surface area contributed by atoms with Crippen LogP contribution >= 0.6 is 35.1 Å². The second kappa shape index (κ2) is 8.15. The van der Waals surface area contributed by atoms with Gasteiger partial charge in [0.1, 0.15) is 5.03 Å². The lowest BCUT2D eigenvalue weighted by molar-refractivity contribution is 0.270. The first-order valence-electron chi connectivity index (χ1n) is 7.49. The van der Waals surface area contributed by atoms with E-state index in [0.717, 1.165) is 22.1 Å². The highest BCUT2D eigenvalue weighted by Crippen LogP contribution is 2.32. The molecule has 0 saturated carbocycles. The predicted octanol–water partition coefficient (Wildman–Crippen LogP) is 3.52. The molecule has 0 aliphatic heterocycles. The summed E-state index contributed by atoms with van der Waals surface area (Å²) in [5.41, 5.74) is 1.29. The number of nitrogens with zero attached hydrogens (tertiary/aromatic N) is 5. The van der Waals surface area contributed by atoms with Crippen LogP contribution in [0.2, 0.25) is 5.02 Å². The van der Waals surface area contributed by atoms with Crippen LogP contribution in [0.4, 0.5) is 0 Å². The number of fused-ring (bicyclic) bond motifs is 1. The largest absolute Gasteiger partial charge is 0.394 e. The molecule has 2 heterocycles. The Labute approximate surface area is 153 Å². The van der Waals surface area contributed by atoms with Crippen LogP contribution < -0.4 is 0 Å². The van der Waals surface area contributed by atoms with Gasteiger partial charge in [0.25, 0.3) is 0 Å². The molecule has 0 amide bonds. The van der Waals surface area contributed by atoms with Crippen molar-refractivity contribution in [1.29, 1.82) is 0 Å². The van der Waals surface area contributed by atoms with Gasteiger partial charge in [0, 0.05) is 15.7 Å². The maximum absolute atomic E-state index is 9.18. The van der Waals surface area contributed by atoms with E-state index in [4.69, 9.17) is 11.6 Å². The van der Waals surface area contributed by atoms with Crippen molar-refractivity contribution in [3.05, 3.63) is 29.3 Å². The van der Waals surface area contributed by atoms with E-state index in [1.807, 2.05) is 24.3 Å². The van der Waals surface area contributed by atoms with Gasteiger partial charge in [0.15, 0.2) is 16.3 Å². The third kappa shape index (κ3) is 4.00. The molecule has 126 valence electrons.